The van der Waals surface area contributed by atoms with Gasteiger partial charge in [0.05, 0.1) is 17.5 Å². The zero-order chi connectivity index (χ0) is 13.4. The molecular weight excluding hydrogens is 261 g/mol. The van der Waals surface area contributed by atoms with Crippen molar-refractivity contribution in [1.82, 2.24) is 0 Å². The second-order valence-electron chi connectivity index (χ2n) is 4.97. The van der Waals surface area contributed by atoms with Crippen LogP contribution in [0.5, 0.6) is 0 Å². The van der Waals surface area contributed by atoms with E-state index in [1.54, 1.807) is 24.3 Å². The van der Waals surface area contributed by atoms with Gasteiger partial charge in [-0.1, -0.05) is 12.1 Å². The Morgan fingerprint density at radius 3 is 3.11 bits per heavy atom. The third-order valence-electron chi connectivity index (χ3n) is 3.39. The molecule has 0 amide bonds. The number of halogens is 1. The van der Waals surface area contributed by atoms with Gasteiger partial charge in [-0.05, 0) is 31.0 Å². The molecular formula is C15H16FNOS. The van der Waals surface area contributed by atoms with Crippen LogP contribution in [0.15, 0.2) is 29.6 Å². The van der Waals surface area contributed by atoms with E-state index in [0.29, 0.717) is 12.1 Å². The Bertz CT molecular complexity index is 594. The highest BCUT2D eigenvalue weighted by Gasteiger charge is 2.24. The first-order valence-electron chi connectivity index (χ1n) is 6.45. The lowest BCUT2D eigenvalue weighted by Crippen LogP contribution is -2.13. The minimum absolute atomic E-state index is 0.154. The van der Waals surface area contributed by atoms with Crippen molar-refractivity contribution in [2.24, 2.45) is 0 Å². The van der Waals surface area contributed by atoms with Crippen LogP contribution in [0.3, 0.4) is 0 Å². The predicted octanol–water partition coefficient (Wildman–Crippen LogP) is 3.50. The number of para-hydroxylation sites is 1. The second-order valence-corrected chi connectivity index (χ2v) is 5.97. The molecule has 2 nitrogen and oxygen atoms in total. The van der Waals surface area contributed by atoms with Gasteiger partial charge in [-0.3, -0.25) is 0 Å². The van der Waals surface area contributed by atoms with Crippen LogP contribution in [0.25, 0.3) is 0 Å². The van der Waals surface area contributed by atoms with Crippen LogP contribution in [0, 0.1) is 5.82 Å². The molecule has 1 aliphatic heterocycles. The molecule has 0 aliphatic carbocycles. The average molecular weight is 277 g/mol. The number of anilines is 2. The molecule has 0 bridgehead atoms. The number of hydrogen-bond donors (Lipinski definition) is 1. The Labute approximate surface area is 116 Å². The minimum atomic E-state index is -0.339. The zero-order valence-corrected chi connectivity index (χ0v) is 11.6. The Morgan fingerprint density at radius 2 is 2.32 bits per heavy atom. The van der Waals surface area contributed by atoms with Crippen LogP contribution >= 0.6 is 11.3 Å². The number of nitrogens with zero attached hydrogens (tertiary/aromatic N) is 1. The lowest BCUT2D eigenvalue weighted by Gasteiger charge is -2.18. The maximum absolute atomic E-state index is 14.0. The van der Waals surface area contributed by atoms with E-state index in [9.17, 15) is 9.50 Å². The van der Waals surface area contributed by atoms with Crippen molar-refractivity contribution in [2.45, 2.75) is 25.9 Å². The lowest BCUT2D eigenvalue weighted by atomic mass is 10.1. The number of rotatable bonds is 3. The van der Waals surface area contributed by atoms with Gasteiger partial charge in [-0.25, -0.2) is 4.39 Å². The fraction of sp³-hybridized carbons (Fsp3) is 0.333. The van der Waals surface area contributed by atoms with E-state index in [2.05, 4.69) is 6.07 Å². The lowest BCUT2D eigenvalue weighted by molar-refractivity contribution is 0.196. The summed E-state index contributed by atoms with van der Waals surface area (Å²) >= 11 is 1.62. The molecule has 0 radical (unpaired) electrons. The molecule has 4 heteroatoms. The summed E-state index contributed by atoms with van der Waals surface area (Å²) in [5.74, 6) is -0.154. The number of fused-ring (bicyclic) bond motifs is 1. The SMILES string of the molecule is CC(O)Cc1cc(N2CCc3cccc(F)c32)cs1. The monoisotopic (exact) mass is 277 g/mol. The summed E-state index contributed by atoms with van der Waals surface area (Å²) in [5.41, 5.74) is 2.82. The van der Waals surface area contributed by atoms with E-state index in [1.165, 1.54) is 6.07 Å². The number of thiophene rings is 1. The first-order chi connectivity index (χ1) is 9.15. The standard InChI is InChI=1S/C15H16FNOS/c1-10(18)7-13-8-12(9-19-13)17-6-5-11-3-2-4-14(16)15(11)17/h2-4,8-10,18H,5-7H2,1H3. The molecule has 1 aromatic carbocycles. The van der Waals surface area contributed by atoms with E-state index in [0.717, 1.165) is 29.1 Å². The van der Waals surface area contributed by atoms with Gasteiger partial charge in [0.2, 0.25) is 0 Å². The molecule has 2 heterocycles. The fourth-order valence-electron chi connectivity index (χ4n) is 2.58. The Kier molecular flexibility index (Phi) is 3.29. The van der Waals surface area contributed by atoms with Gasteiger partial charge in [0.25, 0.3) is 0 Å². The molecule has 3 rings (SSSR count). The highest BCUT2D eigenvalue weighted by atomic mass is 32.1. The van der Waals surface area contributed by atoms with Gasteiger partial charge in [0.1, 0.15) is 5.82 Å². The second kappa shape index (κ2) is 4.94. The summed E-state index contributed by atoms with van der Waals surface area (Å²) in [6, 6.07) is 7.32. The Hall–Kier alpha value is -1.39. The average Bonchev–Trinajstić information content (AvgIpc) is 2.95. The van der Waals surface area contributed by atoms with Crippen LogP contribution in [-0.2, 0) is 12.8 Å². The van der Waals surface area contributed by atoms with Crippen LogP contribution in [0.2, 0.25) is 0 Å². The number of aliphatic hydroxyl groups excluding tert-OH is 1. The number of benzene rings is 1. The molecule has 0 fully saturated rings. The summed E-state index contributed by atoms with van der Waals surface area (Å²) in [7, 11) is 0. The van der Waals surface area contributed by atoms with Crippen molar-refractivity contribution in [2.75, 3.05) is 11.4 Å². The Balaban J connectivity index is 1.91. The van der Waals surface area contributed by atoms with Gasteiger partial charge in [0.15, 0.2) is 0 Å². The molecule has 1 aromatic heterocycles. The van der Waals surface area contributed by atoms with Gasteiger partial charge < -0.3 is 10.0 Å². The normalized spacial score (nSPS) is 15.6. The largest absolute Gasteiger partial charge is 0.393 e. The van der Waals surface area contributed by atoms with Crippen LogP contribution in [0.1, 0.15) is 17.4 Å². The molecule has 0 saturated carbocycles. The maximum atomic E-state index is 14.0. The Morgan fingerprint density at radius 1 is 1.47 bits per heavy atom. The minimum Gasteiger partial charge on any atom is -0.393 e. The smallest absolute Gasteiger partial charge is 0.147 e. The van der Waals surface area contributed by atoms with Crippen molar-refractivity contribution in [3.8, 4) is 0 Å². The first-order valence-corrected chi connectivity index (χ1v) is 7.33. The fourth-order valence-corrected chi connectivity index (χ4v) is 3.57. The van der Waals surface area contributed by atoms with Crippen molar-refractivity contribution >= 4 is 22.7 Å². The first kappa shape index (κ1) is 12.6. The molecule has 1 N–H and O–H groups in total. The topological polar surface area (TPSA) is 23.5 Å². The number of hydrogen-bond acceptors (Lipinski definition) is 3. The van der Waals surface area contributed by atoms with Crippen molar-refractivity contribution in [1.29, 1.82) is 0 Å². The number of aliphatic hydroxyl groups is 1. The summed E-state index contributed by atoms with van der Waals surface area (Å²) in [6.45, 7) is 2.60. The molecule has 19 heavy (non-hydrogen) atoms. The quantitative estimate of drug-likeness (QED) is 0.928. The van der Waals surface area contributed by atoms with Gasteiger partial charge in [-0.2, -0.15) is 0 Å². The van der Waals surface area contributed by atoms with Crippen molar-refractivity contribution < 1.29 is 9.50 Å². The van der Waals surface area contributed by atoms with Crippen LogP contribution in [0.4, 0.5) is 15.8 Å². The van der Waals surface area contributed by atoms with Crippen LogP contribution in [-0.4, -0.2) is 17.8 Å². The van der Waals surface area contributed by atoms with E-state index in [1.807, 2.05) is 16.3 Å². The van der Waals surface area contributed by atoms with Crippen LogP contribution < -0.4 is 4.90 Å². The van der Waals surface area contributed by atoms with Gasteiger partial charge in [0, 0.05) is 23.2 Å². The molecule has 100 valence electrons. The maximum Gasteiger partial charge on any atom is 0.147 e. The molecule has 0 spiro atoms. The molecule has 2 aromatic rings. The van der Waals surface area contributed by atoms with E-state index in [4.69, 9.17) is 0 Å². The molecule has 1 atom stereocenters. The summed E-state index contributed by atoms with van der Waals surface area (Å²) < 4.78 is 14.0. The summed E-state index contributed by atoms with van der Waals surface area (Å²) in [4.78, 5) is 3.17. The van der Waals surface area contributed by atoms with E-state index >= 15 is 0 Å². The summed E-state index contributed by atoms with van der Waals surface area (Å²) in [5, 5.41) is 11.5. The third-order valence-corrected chi connectivity index (χ3v) is 4.34. The van der Waals surface area contributed by atoms with Crippen molar-refractivity contribution in [3.05, 3.63) is 45.9 Å². The third kappa shape index (κ3) is 2.38. The highest BCUT2D eigenvalue weighted by Crippen LogP contribution is 2.38. The summed E-state index contributed by atoms with van der Waals surface area (Å²) in [6.07, 6.45) is 1.20. The molecule has 1 aliphatic rings. The highest BCUT2D eigenvalue weighted by molar-refractivity contribution is 7.10. The predicted molar refractivity (Wildman–Crippen MR) is 76.8 cm³/mol. The van der Waals surface area contributed by atoms with Gasteiger partial charge in [-0.15, -0.1) is 11.3 Å². The van der Waals surface area contributed by atoms with Crippen molar-refractivity contribution in [3.63, 3.8) is 0 Å². The zero-order valence-electron chi connectivity index (χ0n) is 10.8. The molecule has 0 saturated heterocycles. The van der Waals surface area contributed by atoms with Gasteiger partial charge >= 0.3 is 0 Å². The van der Waals surface area contributed by atoms with E-state index in [-0.39, 0.29) is 11.9 Å². The van der Waals surface area contributed by atoms with E-state index < -0.39 is 0 Å². The molecule has 1 unspecified atom stereocenters.